The van der Waals surface area contributed by atoms with Crippen LogP contribution < -0.4 is 5.73 Å². The first-order chi connectivity index (χ1) is 39.8. The highest BCUT2D eigenvalue weighted by Gasteiger charge is 2.26. The molecule has 0 aliphatic rings. The van der Waals surface area contributed by atoms with Crippen molar-refractivity contribution in [2.75, 3.05) is 26.4 Å². The van der Waals surface area contributed by atoms with E-state index in [1.54, 1.807) is 0 Å². The average Bonchev–Trinajstić information content (AvgIpc) is 3.46. The lowest BCUT2D eigenvalue weighted by Crippen LogP contribution is -2.29. The molecule has 0 saturated carbocycles. The van der Waals surface area contributed by atoms with Gasteiger partial charge < -0.3 is 20.1 Å². The summed E-state index contributed by atoms with van der Waals surface area (Å²) in [4.78, 5) is 35.3. The number of ether oxygens (including phenoxy) is 2. The van der Waals surface area contributed by atoms with Crippen LogP contribution in [0.2, 0.25) is 0 Å². The van der Waals surface area contributed by atoms with Gasteiger partial charge >= 0.3 is 19.8 Å². The number of rotatable bonds is 65. The zero-order valence-electron chi connectivity index (χ0n) is 53.0. The summed E-state index contributed by atoms with van der Waals surface area (Å²) in [6.07, 6.45) is 87.1. The predicted molar refractivity (Wildman–Crippen MR) is 349 cm³/mol. The molecule has 2 unspecified atom stereocenters. The Morgan fingerprint density at radius 1 is 0.383 bits per heavy atom. The summed E-state index contributed by atoms with van der Waals surface area (Å²) in [5.74, 6) is -0.820. The van der Waals surface area contributed by atoms with Crippen LogP contribution >= 0.6 is 7.82 Å². The summed E-state index contributed by atoms with van der Waals surface area (Å²) in [7, 11) is -4.40. The Bertz CT molecular complexity index is 1560. The Labute approximate surface area is 501 Å². The van der Waals surface area contributed by atoms with Crippen LogP contribution in [-0.4, -0.2) is 49.3 Å². The molecule has 0 aromatic heterocycles. The smallest absolute Gasteiger partial charge is 0.462 e. The lowest BCUT2D eigenvalue weighted by Gasteiger charge is -2.19. The molecule has 0 bridgehead atoms. The average molecular weight is 1160 g/mol. The van der Waals surface area contributed by atoms with Crippen molar-refractivity contribution >= 4 is 19.8 Å². The van der Waals surface area contributed by atoms with E-state index in [2.05, 4.69) is 86.8 Å². The molecule has 0 aliphatic carbocycles. The molecular weight excluding hydrogens is 1030 g/mol. The van der Waals surface area contributed by atoms with Crippen LogP contribution in [0.25, 0.3) is 0 Å². The van der Waals surface area contributed by atoms with Crippen LogP contribution in [0.5, 0.6) is 0 Å². The van der Waals surface area contributed by atoms with Gasteiger partial charge in [0.25, 0.3) is 0 Å². The van der Waals surface area contributed by atoms with E-state index in [-0.39, 0.29) is 38.6 Å². The van der Waals surface area contributed by atoms with Gasteiger partial charge in [-0.25, -0.2) is 4.57 Å². The molecule has 9 nitrogen and oxygen atoms in total. The van der Waals surface area contributed by atoms with Gasteiger partial charge in [-0.15, -0.1) is 0 Å². The Balaban J connectivity index is 3.87. The van der Waals surface area contributed by atoms with Crippen molar-refractivity contribution in [3.63, 3.8) is 0 Å². The molecule has 472 valence electrons. The molecule has 0 aromatic carbocycles. The number of esters is 2. The third kappa shape index (κ3) is 66.5. The van der Waals surface area contributed by atoms with Gasteiger partial charge in [-0.05, 0) is 64.2 Å². The van der Waals surface area contributed by atoms with Crippen molar-refractivity contribution in [1.29, 1.82) is 0 Å². The highest BCUT2D eigenvalue weighted by molar-refractivity contribution is 7.47. The van der Waals surface area contributed by atoms with Gasteiger partial charge in [0, 0.05) is 19.4 Å². The molecule has 0 heterocycles. The fraction of sp³-hybridized carbons (Fsp3) is 0.803. The molecule has 0 aromatic rings. The Hall–Kier alpha value is -2.55. The largest absolute Gasteiger partial charge is 0.472 e. The Morgan fingerprint density at radius 3 is 1.01 bits per heavy atom. The third-order valence-electron chi connectivity index (χ3n) is 15.1. The summed E-state index contributed by atoms with van der Waals surface area (Å²) in [6.45, 7) is 3.68. The second-order valence-corrected chi connectivity index (χ2v) is 24.5. The van der Waals surface area contributed by atoms with E-state index in [0.717, 1.165) is 83.5 Å². The molecule has 0 rings (SSSR count). The molecule has 3 N–H and O–H groups in total. The molecular formula is C71H130NO8P. The number of nitrogens with two attached hydrogens (primary N) is 1. The van der Waals surface area contributed by atoms with Crippen LogP contribution in [0.15, 0.2) is 72.9 Å². The molecule has 10 heteroatoms. The van der Waals surface area contributed by atoms with Crippen molar-refractivity contribution in [3.05, 3.63) is 72.9 Å². The van der Waals surface area contributed by atoms with Crippen molar-refractivity contribution < 1.29 is 37.6 Å². The molecule has 0 radical (unpaired) electrons. The number of allylic oxidation sites excluding steroid dienone is 12. The molecule has 0 aliphatic heterocycles. The van der Waals surface area contributed by atoms with E-state index in [4.69, 9.17) is 24.3 Å². The van der Waals surface area contributed by atoms with Gasteiger partial charge in [-0.3, -0.25) is 18.6 Å². The first-order valence-corrected chi connectivity index (χ1v) is 35.9. The van der Waals surface area contributed by atoms with E-state index in [0.29, 0.717) is 6.42 Å². The summed E-state index contributed by atoms with van der Waals surface area (Å²) in [6, 6.07) is 0. The summed E-state index contributed by atoms with van der Waals surface area (Å²) >= 11 is 0. The monoisotopic (exact) mass is 1160 g/mol. The molecule has 81 heavy (non-hydrogen) atoms. The molecule has 0 spiro atoms. The van der Waals surface area contributed by atoms with Crippen LogP contribution in [0, 0.1) is 0 Å². The number of hydrogen-bond acceptors (Lipinski definition) is 8. The van der Waals surface area contributed by atoms with Crippen LogP contribution in [-0.2, 0) is 32.7 Å². The third-order valence-corrected chi connectivity index (χ3v) is 16.1. The lowest BCUT2D eigenvalue weighted by atomic mass is 10.0. The van der Waals surface area contributed by atoms with Gasteiger partial charge in [0.05, 0.1) is 13.2 Å². The highest BCUT2D eigenvalue weighted by Crippen LogP contribution is 2.43. The fourth-order valence-electron chi connectivity index (χ4n) is 10.1. The van der Waals surface area contributed by atoms with Crippen molar-refractivity contribution in [3.8, 4) is 0 Å². The summed E-state index contributed by atoms with van der Waals surface area (Å²) in [5, 5.41) is 0. The van der Waals surface area contributed by atoms with Crippen molar-refractivity contribution in [2.24, 2.45) is 5.73 Å². The van der Waals surface area contributed by atoms with Gasteiger partial charge in [0.1, 0.15) is 6.61 Å². The first kappa shape index (κ1) is 78.5. The second-order valence-electron chi connectivity index (χ2n) is 23.0. The minimum atomic E-state index is -4.40. The standard InChI is InChI=1S/C71H130NO8P/c1-3-5-7-9-11-13-15-17-19-21-23-25-27-29-31-33-34-36-37-39-41-43-45-47-49-51-53-55-57-59-61-63-70(73)77-67-69(68-79-81(75,76)78-66-65-72)80-71(74)64-62-60-58-56-54-52-50-48-46-44-42-40-38-35-32-30-28-26-24-22-20-18-16-14-12-10-8-6-4-2/h6,8,12,14,18,20,24,26,30,32,38,40,69H,3-5,7,9-11,13,15-17,19,21-23,25,27-29,31,33-37,39,41-68,72H2,1-2H3,(H,75,76)/b8-6-,14-12-,20-18-,26-24-,32-30-,40-38-. The maximum atomic E-state index is 12.8. The first-order valence-electron chi connectivity index (χ1n) is 34.4. The van der Waals surface area contributed by atoms with Crippen molar-refractivity contribution in [1.82, 2.24) is 0 Å². The zero-order valence-corrected chi connectivity index (χ0v) is 53.9. The second kappa shape index (κ2) is 66.6. The van der Waals surface area contributed by atoms with Crippen molar-refractivity contribution in [2.45, 2.75) is 341 Å². The zero-order chi connectivity index (χ0) is 58.7. The maximum Gasteiger partial charge on any atom is 0.472 e. The van der Waals surface area contributed by atoms with E-state index in [9.17, 15) is 19.0 Å². The fourth-order valence-corrected chi connectivity index (χ4v) is 10.8. The van der Waals surface area contributed by atoms with Crippen LogP contribution in [0.1, 0.15) is 335 Å². The van der Waals surface area contributed by atoms with E-state index in [1.165, 1.54) is 218 Å². The number of phosphoric acid groups is 1. The number of phosphoric ester groups is 1. The van der Waals surface area contributed by atoms with E-state index >= 15 is 0 Å². The number of unbranched alkanes of at least 4 members (excludes halogenated alkanes) is 40. The van der Waals surface area contributed by atoms with E-state index in [1.807, 2.05) is 0 Å². The Morgan fingerprint density at radius 2 is 0.679 bits per heavy atom. The SMILES string of the molecule is CC/C=C\C/C=C\C/C=C\C/C=C\C/C=C\C/C=C\CCCCCCCCCCCCC(=O)OC(COC(=O)CCCCCCCCCCCCCCCCCCCCCCCCCCCCCCCCC)COP(=O)(O)OCCN. The number of carbonyl (C=O) groups is 2. The normalized spacial score (nSPS) is 13.4. The predicted octanol–water partition coefficient (Wildman–Crippen LogP) is 22.4. The number of hydrogen-bond donors (Lipinski definition) is 2. The summed E-state index contributed by atoms with van der Waals surface area (Å²) in [5.41, 5.74) is 5.40. The molecule has 0 fully saturated rings. The minimum absolute atomic E-state index is 0.0516. The quantitative estimate of drug-likeness (QED) is 0.0264. The topological polar surface area (TPSA) is 134 Å². The molecule has 0 saturated heterocycles. The Kier molecular flexibility index (Phi) is 64.5. The van der Waals surface area contributed by atoms with Gasteiger partial charge in [0.15, 0.2) is 6.10 Å². The van der Waals surface area contributed by atoms with Gasteiger partial charge in [-0.1, -0.05) is 331 Å². The molecule has 0 amide bonds. The van der Waals surface area contributed by atoms with E-state index < -0.39 is 26.5 Å². The van der Waals surface area contributed by atoms with Gasteiger partial charge in [0.2, 0.25) is 0 Å². The maximum absolute atomic E-state index is 12.8. The van der Waals surface area contributed by atoms with Gasteiger partial charge in [-0.2, -0.15) is 0 Å². The summed E-state index contributed by atoms with van der Waals surface area (Å²) < 4.78 is 33.2. The highest BCUT2D eigenvalue weighted by atomic mass is 31.2. The van der Waals surface area contributed by atoms with Crippen LogP contribution in [0.4, 0.5) is 0 Å². The van der Waals surface area contributed by atoms with Crippen LogP contribution in [0.3, 0.4) is 0 Å². The molecule has 2 atom stereocenters. The lowest BCUT2D eigenvalue weighted by molar-refractivity contribution is -0.161. The number of carbonyl (C=O) groups excluding carboxylic acids is 2. The minimum Gasteiger partial charge on any atom is -0.462 e.